The smallest absolute Gasteiger partial charge is 0.226 e. The first-order valence-corrected chi connectivity index (χ1v) is 8.95. The van der Waals surface area contributed by atoms with Gasteiger partial charge in [-0.1, -0.05) is 38.8 Å². The average Bonchev–Trinajstić information content (AvgIpc) is 3.15. The van der Waals surface area contributed by atoms with Gasteiger partial charge in [0.2, 0.25) is 11.8 Å². The Labute approximate surface area is 142 Å². The van der Waals surface area contributed by atoms with Crippen molar-refractivity contribution in [3.05, 3.63) is 11.7 Å². The molecule has 0 bridgehead atoms. The Kier molecular flexibility index (Phi) is 4.26. The molecule has 0 radical (unpaired) electrons. The molecule has 0 aliphatic heterocycles. The van der Waals surface area contributed by atoms with E-state index in [0.717, 1.165) is 25.7 Å². The number of aromatic nitrogens is 2. The Hall–Kier alpha value is -1.72. The maximum Gasteiger partial charge on any atom is 0.226 e. The molecule has 1 aromatic rings. The first-order valence-electron chi connectivity index (χ1n) is 8.95. The van der Waals surface area contributed by atoms with E-state index in [2.05, 4.69) is 15.5 Å². The molecule has 2 saturated carbocycles. The zero-order chi connectivity index (χ0) is 17.5. The van der Waals surface area contributed by atoms with Crippen LogP contribution in [0.1, 0.15) is 71.5 Å². The van der Waals surface area contributed by atoms with Crippen molar-refractivity contribution in [3.8, 4) is 0 Å². The standard InChI is InChI=1S/C18H27N3O3/c1-5-14-19-16(21-24-14)18(8-6-7-9-18)20-15(23)13-10-12(11(2)22)17(13,3)4/h12-13H,5-10H2,1-4H3,(H,20,23)/t12-,13+/m0/s1. The fourth-order valence-corrected chi connectivity index (χ4v) is 4.36. The lowest BCUT2D eigenvalue weighted by molar-refractivity contribution is -0.150. The van der Waals surface area contributed by atoms with Crippen LogP contribution in [0.2, 0.25) is 0 Å². The van der Waals surface area contributed by atoms with Crippen molar-refractivity contribution in [2.45, 2.75) is 71.8 Å². The van der Waals surface area contributed by atoms with Crippen molar-refractivity contribution >= 4 is 11.7 Å². The zero-order valence-corrected chi connectivity index (χ0v) is 15.0. The number of carbonyl (C=O) groups is 2. The second-order valence-electron chi connectivity index (χ2n) is 7.92. The molecule has 1 heterocycles. The van der Waals surface area contributed by atoms with E-state index in [9.17, 15) is 9.59 Å². The monoisotopic (exact) mass is 333 g/mol. The lowest BCUT2D eigenvalue weighted by Gasteiger charge is -2.50. The number of ketones is 1. The molecule has 2 fully saturated rings. The fraction of sp³-hybridized carbons (Fsp3) is 0.778. The fourth-order valence-electron chi connectivity index (χ4n) is 4.36. The summed E-state index contributed by atoms with van der Waals surface area (Å²) in [7, 11) is 0. The highest BCUT2D eigenvalue weighted by atomic mass is 16.5. The van der Waals surface area contributed by atoms with E-state index in [1.807, 2.05) is 20.8 Å². The molecule has 2 atom stereocenters. The van der Waals surface area contributed by atoms with E-state index in [1.165, 1.54) is 0 Å². The summed E-state index contributed by atoms with van der Waals surface area (Å²) in [6, 6.07) is 0. The lowest BCUT2D eigenvalue weighted by atomic mass is 9.53. The zero-order valence-electron chi connectivity index (χ0n) is 15.0. The van der Waals surface area contributed by atoms with Gasteiger partial charge in [-0.15, -0.1) is 0 Å². The molecule has 0 spiro atoms. The predicted molar refractivity (Wildman–Crippen MR) is 88.0 cm³/mol. The maximum absolute atomic E-state index is 12.9. The molecule has 1 amide bonds. The number of aryl methyl sites for hydroxylation is 1. The van der Waals surface area contributed by atoms with Crippen LogP contribution in [0.25, 0.3) is 0 Å². The molecule has 2 aliphatic rings. The Morgan fingerprint density at radius 2 is 1.92 bits per heavy atom. The van der Waals surface area contributed by atoms with Gasteiger partial charge in [0.25, 0.3) is 0 Å². The van der Waals surface area contributed by atoms with Gasteiger partial charge in [0.05, 0.1) is 0 Å². The van der Waals surface area contributed by atoms with Crippen LogP contribution < -0.4 is 5.32 Å². The number of nitrogens with zero attached hydrogens (tertiary/aromatic N) is 2. The third-order valence-electron chi connectivity index (χ3n) is 6.09. The highest BCUT2D eigenvalue weighted by molar-refractivity contribution is 5.87. The molecule has 24 heavy (non-hydrogen) atoms. The molecule has 3 rings (SSSR count). The van der Waals surface area contributed by atoms with Crippen LogP contribution in [0.3, 0.4) is 0 Å². The highest BCUT2D eigenvalue weighted by Gasteiger charge is 2.55. The van der Waals surface area contributed by atoms with Gasteiger partial charge in [-0.05, 0) is 31.6 Å². The normalized spacial score (nSPS) is 27.5. The van der Waals surface area contributed by atoms with Crippen molar-refractivity contribution < 1.29 is 14.1 Å². The Morgan fingerprint density at radius 3 is 2.42 bits per heavy atom. The topological polar surface area (TPSA) is 85.1 Å². The number of Topliss-reactive ketones (excluding diaryl/α,β-unsaturated/α-hetero) is 1. The van der Waals surface area contributed by atoms with Crippen LogP contribution in [0.15, 0.2) is 4.52 Å². The second-order valence-corrected chi connectivity index (χ2v) is 7.92. The van der Waals surface area contributed by atoms with Gasteiger partial charge >= 0.3 is 0 Å². The van der Waals surface area contributed by atoms with Crippen LogP contribution >= 0.6 is 0 Å². The van der Waals surface area contributed by atoms with Crippen LogP contribution in [0.5, 0.6) is 0 Å². The molecule has 2 aliphatic carbocycles. The van der Waals surface area contributed by atoms with E-state index in [-0.39, 0.29) is 28.9 Å². The second kappa shape index (κ2) is 5.97. The minimum Gasteiger partial charge on any atom is -0.343 e. The average molecular weight is 333 g/mol. The summed E-state index contributed by atoms with van der Waals surface area (Å²) >= 11 is 0. The van der Waals surface area contributed by atoms with E-state index in [0.29, 0.717) is 24.6 Å². The van der Waals surface area contributed by atoms with Gasteiger partial charge < -0.3 is 9.84 Å². The van der Waals surface area contributed by atoms with Crippen molar-refractivity contribution in [2.24, 2.45) is 17.3 Å². The van der Waals surface area contributed by atoms with Gasteiger partial charge in [0.1, 0.15) is 11.3 Å². The Morgan fingerprint density at radius 1 is 1.25 bits per heavy atom. The van der Waals surface area contributed by atoms with Crippen molar-refractivity contribution in [3.63, 3.8) is 0 Å². The first-order chi connectivity index (χ1) is 11.3. The van der Waals surface area contributed by atoms with Gasteiger partial charge in [-0.3, -0.25) is 9.59 Å². The van der Waals surface area contributed by atoms with Crippen molar-refractivity contribution in [1.29, 1.82) is 0 Å². The third kappa shape index (κ3) is 2.66. The number of nitrogens with one attached hydrogen (secondary N) is 1. The van der Waals surface area contributed by atoms with Gasteiger partial charge in [0.15, 0.2) is 5.82 Å². The highest BCUT2D eigenvalue weighted by Crippen LogP contribution is 2.52. The number of amides is 1. The molecule has 0 aromatic carbocycles. The van der Waals surface area contributed by atoms with E-state index >= 15 is 0 Å². The SMILES string of the molecule is CCc1nc(C2(NC(=O)[C@H]3C[C@@H](C(C)=O)C3(C)C)CCCC2)no1. The van der Waals surface area contributed by atoms with Gasteiger partial charge in [0, 0.05) is 18.3 Å². The summed E-state index contributed by atoms with van der Waals surface area (Å²) in [4.78, 5) is 29.1. The van der Waals surface area contributed by atoms with Crippen LogP contribution in [-0.2, 0) is 21.5 Å². The molecule has 0 saturated heterocycles. The summed E-state index contributed by atoms with van der Waals surface area (Å²) in [6.07, 6.45) is 5.08. The Bertz CT molecular complexity index is 644. The van der Waals surface area contributed by atoms with Crippen LogP contribution in [0, 0.1) is 17.3 Å². The number of hydrogen-bond donors (Lipinski definition) is 1. The van der Waals surface area contributed by atoms with E-state index in [1.54, 1.807) is 6.92 Å². The molecule has 0 unspecified atom stereocenters. The summed E-state index contributed by atoms with van der Waals surface area (Å²) in [5, 5.41) is 7.35. The summed E-state index contributed by atoms with van der Waals surface area (Å²) < 4.78 is 5.27. The summed E-state index contributed by atoms with van der Waals surface area (Å²) in [5.41, 5.74) is -0.799. The molecule has 6 heteroatoms. The van der Waals surface area contributed by atoms with Gasteiger partial charge in [-0.25, -0.2) is 0 Å². The molecular formula is C18H27N3O3. The molecule has 6 nitrogen and oxygen atoms in total. The van der Waals surface area contributed by atoms with E-state index < -0.39 is 5.54 Å². The summed E-state index contributed by atoms with van der Waals surface area (Å²) in [6.45, 7) is 7.61. The molecular weight excluding hydrogens is 306 g/mol. The summed E-state index contributed by atoms with van der Waals surface area (Å²) in [5.74, 6) is 1.23. The molecule has 1 N–H and O–H groups in total. The largest absolute Gasteiger partial charge is 0.343 e. The molecule has 1 aromatic heterocycles. The van der Waals surface area contributed by atoms with Crippen molar-refractivity contribution in [1.82, 2.24) is 15.5 Å². The quantitative estimate of drug-likeness (QED) is 0.895. The number of hydrogen-bond acceptors (Lipinski definition) is 5. The lowest BCUT2D eigenvalue weighted by Crippen LogP contribution is -2.57. The number of carbonyl (C=O) groups excluding carboxylic acids is 2. The predicted octanol–water partition coefficient (Wildman–Crippen LogP) is 2.77. The van der Waals surface area contributed by atoms with Crippen LogP contribution in [0.4, 0.5) is 0 Å². The van der Waals surface area contributed by atoms with Crippen LogP contribution in [-0.4, -0.2) is 21.8 Å². The number of rotatable bonds is 5. The minimum absolute atomic E-state index is 0.0160. The van der Waals surface area contributed by atoms with Gasteiger partial charge in [-0.2, -0.15) is 4.98 Å². The molecule has 132 valence electrons. The van der Waals surface area contributed by atoms with E-state index in [4.69, 9.17) is 4.52 Å². The first kappa shape index (κ1) is 17.1. The minimum atomic E-state index is -0.509. The third-order valence-corrected chi connectivity index (χ3v) is 6.09. The Balaban J connectivity index is 1.77. The maximum atomic E-state index is 12.9. The van der Waals surface area contributed by atoms with Crippen molar-refractivity contribution in [2.75, 3.05) is 0 Å².